The Bertz CT molecular complexity index is 1070. The van der Waals surface area contributed by atoms with E-state index in [4.69, 9.17) is 17.3 Å². The van der Waals surface area contributed by atoms with Crippen LogP contribution in [0.4, 0.5) is 0 Å². The SMILES string of the molecule is Cn1cc(-n2nc(-c3ccc(Cl)cc3)cc(C(=O)NCC(N)=O)c2=O)cn1. The van der Waals surface area contributed by atoms with Crippen LogP contribution in [0.5, 0.6) is 0 Å². The van der Waals surface area contributed by atoms with Gasteiger partial charge in [0.15, 0.2) is 0 Å². The van der Waals surface area contributed by atoms with E-state index in [1.165, 1.54) is 16.9 Å². The van der Waals surface area contributed by atoms with Crippen molar-refractivity contribution in [3.05, 3.63) is 63.7 Å². The summed E-state index contributed by atoms with van der Waals surface area (Å²) >= 11 is 5.91. The zero-order valence-corrected chi connectivity index (χ0v) is 15.0. The lowest BCUT2D eigenvalue weighted by atomic mass is 10.1. The Kier molecular flexibility index (Phi) is 5.04. The summed E-state index contributed by atoms with van der Waals surface area (Å²) in [5, 5.41) is 11.2. The number of hydrogen-bond donors (Lipinski definition) is 2. The quantitative estimate of drug-likeness (QED) is 0.660. The Morgan fingerprint density at radius 3 is 2.56 bits per heavy atom. The number of nitrogens with two attached hydrogens (primary N) is 1. The van der Waals surface area contributed by atoms with E-state index < -0.39 is 17.4 Å². The minimum Gasteiger partial charge on any atom is -0.368 e. The topological polar surface area (TPSA) is 125 Å². The molecule has 0 unspecified atom stereocenters. The fourth-order valence-electron chi connectivity index (χ4n) is 2.37. The molecule has 2 heterocycles. The number of benzene rings is 1. The predicted molar refractivity (Wildman–Crippen MR) is 98.6 cm³/mol. The molecule has 0 bridgehead atoms. The molecule has 9 nitrogen and oxygen atoms in total. The number of amides is 2. The van der Waals surface area contributed by atoms with E-state index in [1.807, 2.05) is 0 Å². The number of aryl methyl sites for hydroxylation is 1. The number of rotatable bonds is 5. The van der Waals surface area contributed by atoms with Crippen LogP contribution in [0.3, 0.4) is 0 Å². The highest BCUT2D eigenvalue weighted by atomic mass is 35.5. The minimum absolute atomic E-state index is 0.181. The van der Waals surface area contributed by atoms with Gasteiger partial charge >= 0.3 is 0 Å². The molecular weight excluding hydrogens is 372 g/mol. The molecule has 3 aromatic rings. The molecule has 0 radical (unpaired) electrons. The van der Waals surface area contributed by atoms with Crippen LogP contribution in [-0.4, -0.2) is 37.9 Å². The third kappa shape index (κ3) is 4.04. The average Bonchev–Trinajstić information content (AvgIpc) is 3.06. The summed E-state index contributed by atoms with van der Waals surface area (Å²) in [6.45, 7) is -0.385. The maximum atomic E-state index is 12.8. The van der Waals surface area contributed by atoms with Gasteiger partial charge in [-0.05, 0) is 18.2 Å². The van der Waals surface area contributed by atoms with Crippen LogP contribution in [0.15, 0.2) is 47.5 Å². The fraction of sp³-hybridized carbons (Fsp3) is 0.118. The van der Waals surface area contributed by atoms with Crippen molar-refractivity contribution < 1.29 is 9.59 Å². The molecule has 0 fully saturated rings. The molecular formula is C17H15ClN6O3. The van der Waals surface area contributed by atoms with E-state index in [2.05, 4.69) is 15.5 Å². The van der Waals surface area contributed by atoms with Gasteiger partial charge in [-0.2, -0.15) is 14.9 Å². The van der Waals surface area contributed by atoms with Gasteiger partial charge in [0.05, 0.1) is 24.6 Å². The maximum Gasteiger partial charge on any atom is 0.284 e. The van der Waals surface area contributed by atoms with Crippen LogP contribution in [0.25, 0.3) is 16.9 Å². The molecule has 3 N–H and O–H groups in total. The smallest absolute Gasteiger partial charge is 0.284 e. The Balaban J connectivity index is 2.15. The summed E-state index contributed by atoms with van der Waals surface area (Å²) in [7, 11) is 1.69. The van der Waals surface area contributed by atoms with E-state index in [1.54, 1.807) is 37.5 Å². The van der Waals surface area contributed by atoms with Crippen molar-refractivity contribution in [3.8, 4) is 16.9 Å². The maximum absolute atomic E-state index is 12.8. The Labute approximate surface area is 158 Å². The summed E-state index contributed by atoms with van der Waals surface area (Å²) in [5.74, 6) is -1.45. The van der Waals surface area contributed by atoms with Crippen LogP contribution in [-0.2, 0) is 11.8 Å². The lowest BCUT2D eigenvalue weighted by Crippen LogP contribution is -2.38. The zero-order chi connectivity index (χ0) is 19.6. The summed E-state index contributed by atoms with van der Waals surface area (Å²) in [6.07, 6.45) is 3.04. The van der Waals surface area contributed by atoms with E-state index in [0.717, 1.165) is 4.68 Å². The molecule has 138 valence electrons. The monoisotopic (exact) mass is 386 g/mol. The zero-order valence-electron chi connectivity index (χ0n) is 14.2. The molecule has 2 aromatic heterocycles. The van der Waals surface area contributed by atoms with Crippen LogP contribution in [0, 0.1) is 0 Å². The number of carbonyl (C=O) groups is 2. The molecule has 0 aliphatic carbocycles. The summed E-state index contributed by atoms with van der Waals surface area (Å²) in [4.78, 5) is 36.1. The van der Waals surface area contributed by atoms with Crippen molar-refractivity contribution >= 4 is 23.4 Å². The molecule has 0 spiro atoms. The van der Waals surface area contributed by atoms with Gasteiger partial charge < -0.3 is 11.1 Å². The van der Waals surface area contributed by atoms with Crippen LogP contribution in [0.1, 0.15) is 10.4 Å². The fourth-order valence-corrected chi connectivity index (χ4v) is 2.50. The number of primary amides is 1. The standard InChI is InChI=1S/C17H15ClN6O3/c1-23-9-12(7-21-23)24-17(27)13(16(26)20-8-15(19)25)6-14(22-24)10-2-4-11(18)5-3-10/h2-7,9H,8H2,1H3,(H2,19,25)(H,20,26). The first kappa shape index (κ1) is 18.3. The van der Waals surface area contributed by atoms with Crippen molar-refractivity contribution in [2.24, 2.45) is 12.8 Å². The second kappa shape index (κ2) is 7.42. The number of nitrogens with one attached hydrogen (secondary N) is 1. The molecule has 3 rings (SSSR count). The largest absolute Gasteiger partial charge is 0.368 e. The lowest BCUT2D eigenvalue weighted by molar-refractivity contribution is -0.117. The molecule has 0 aliphatic rings. The number of aromatic nitrogens is 4. The van der Waals surface area contributed by atoms with Gasteiger partial charge in [0.1, 0.15) is 11.3 Å². The first-order chi connectivity index (χ1) is 12.8. The second-order valence-electron chi connectivity index (χ2n) is 5.69. The first-order valence-electron chi connectivity index (χ1n) is 7.81. The van der Waals surface area contributed by atoms with Gasteiger partial charge in [0, 0.05) is 17.6 Å². The van der Waals surface area contributed by atoms with E-state index in [9.17, 15) is 14.4 Å². The molecule has 10 heteroatoms. The van der Waals surface area contributed by atoms with E-state index >= 15 is 0 Å². The van der Waals surface area contributed by atoms with Gasteiger partial charge in [-0.1, -0.05) is 23.7 Å². The lowest BCUT2D eigenvalue weighted by Gasteiger charge is -2.09. The normalized spacial score (nSPS) is 10.6. The van der Waals surface area contributed by atoms with Crippen LogP contribution >= 0.6 is 11.6 Å². The molecule has 27 heavy (non-hydrogen) atoms. The summed E-state index contributed by atoms with van der Waals surface area (Å²) in [6, 6.07) is 8.13. The molecule has 0 saturated carbocycles. The van der Waals surface area contributed by atoms with Crippen LogP contribution in [0.2, 0.25) is 5.02 Å². The minimum atomic E-state index is -0.728. The molecule has 2 amide bonds. The Morgan fingerprint density at radius 2 is 1.96 bits per heavy atom. The van der Waals surface area contributed by atoms with Crippen molar-refractivity contribution in [2.75, 3.05) is 6.54 Å². The Hall–Kier alpha value is -3.46. The predicted octanol–water partition coefficient (Wildman–Crippen LogP) is 0.501. The molecule has 0 saturated heterocycles. The third-order valence-corrected chi connectivity index (χ3v) is 3.91. The van der Waals surface area contributed by atoms with Crippen molar-refractivity contribution in [3.63, 3.8) is 0 Å². The second-order valence-corrected chi connectivity index (χ2v) is 6.12. The van der Waals surface area contributed by atoms with Gasteiger partial charge in [-0.25, -0.2) is 0 Å². The highest BCUT2D eigenvalue weighted by Gasteiger charge is 2.18. The highest BCUT2D eigenvalue weighted by Crippen LogP contribution is 2.20. The number of nitrogens with zero attached hydrogens (tertiary/aromatic N) is 4. The summed E-state index contributed by atoms with van der Waals surface area (Å²) in [5.41, 5.74) is 5.63. The van der Waals surface area contributed by atoms with Crippen molar-refractivity contribution in [1.29, 1.82) is 0 Å². The Morgan fingerprint density at radius 1 is 1.26 bits per heavy atom. The number of halogens is 1. The average molecular weight is 387 g/mol. The number of hydrogen-bond acceptors (Lipinski definition) is 5. The van der Waals surface area contributed by atoms with E-state index in [0.29, 0.717) is 22.0 Å². The van der Waals surface area contributed by atoms with Crippen molar-refractivity contribution in [1.82, 2.24) is 24.9 Å². The molecule has 1 aromatic carbocycles. The van der Waals surface area contributed by atoms with Gasteiger partial charge in [-0.15, -0.1) is 0 Å². The molecule has 0 aliphatic heterocycles. The van der Waals surface area contributed by atoms with Gasteiger partial charge in [0.25, 0.3) is 11.5 Å². The van der Waals surface area contributed by atoms with Gasteiger partial charge in [-0.3, -0.25) is 19.1 Å². The van der Waals surface area contributed by atoms with Crippen LogP contribution < -0.4 is 16.6 Å². The molecule has 0 atom stereocenters. The van der Waals surface area contributed by atoms with Crippen molar-refractivity contribution in [2.45, 2.75) is 0 Å². The highest BCUT2D eigenvalue weighted by molar-refractivity contribution is 6.30. The third-order valence-electron chi connectivity index (χ3n) is 3.66. The summed E-state index contributed by atoms with van der Waals surface area (Å²) < 4.78 is 2.58. The van der Waals surface area contributed by atoms with Gasteiger partial charge in [0.2, 0.25) is 5.91 Å². The first-order valence-corrected chi connectivity index (χ1v) is 8.19. The van der Waals surface area contributed by atoms with E-state index in [-0.39, 0.29) is 12.1 Å². The number of carbonyl (C=O) groups excluding carboxylic acids is 2.